The molecule has 0 N–H and O–H groups in total. The largest absolute Gasteiger partial charge is 0.281 e. The lowest BCUT2D eigenvalue weighted by molar-refractivity contribution is -0.111. The molecule has 2 rings (SSSR count). The zero-order valence-electron chi connectivity index (χ0n) is 8.42. The first-order chi connectivity index (χ1) is 7.22. The molecule has 0 unspecified atom stereocenters. The van der Waals surface area contributed by atoms with Gasteiger partial charge in [0.25, 0.3) is 0 Å². The molecular formula is C12H11ClOS. The summed E-state index contributed by atoms with van der Waals surface area (Å²) in [6.07, 6.45) is 1.30. The molecule has 0 spiro atoms. The first kappa shape index (κ1) is 10.7. The van der Waals surface area contributed by atoms with E-state index in [-0.39, 0.29) is 5.24 Å². The summed E-state index contributed by atoms with van der Waals surface area (Å²) in [4.78, 5) is 12.3. The van der Waals surface area contributed by atoms with E-state index in [9.17, 15) is 4.79 Å². The molecule has 1 nitrogen and oxygen atoms in total. The quantitative estimate of drug-likeness (QED) is 0.744. The van der Waals surface area contributed by atoms with Crippen molar-refractivity contribution in [1.82, 2.24) is 0 Å². The van der Waals surface area contributed by atoms with Crippen molar-refractivity contribution in [3.8, 4) is 0 Å². The third-order valence-electron chi connectivity index (χ3n) is 2.42. The second-order valence-corrected chi connectivity index (χ2v) is 4.94. The summed E-state index contributed by atoms with van der Waals surface area (Å²) in [6, 6.07) is 8.16. The number of rotatable bonds is 3. The molecule has 0 saturated heterocycles. The van der Waals surface area contributed by atoms with Crippen LogP contribution in [0.25, 0.3) is 10.1 Å². The van der Waals surface area contributed by atoms with E-state index in [0.29, 0.717) is 6.42 Å². The number of hydrogen-bond acceptors (Lipinski definition) is 2. The van der Waals surface area contributed by atoms with Crippen molar-refractivity contribution >= 4 is 38.3 Å². The lowest BCUT2D eigenvalue weighted by Crippen LogP contribution is -1.95. The Kier molecular flexibility index (Phi) is 3.08. The highest BCUT2D eigenvalue weighted by molar-refractivity contribution is 7.19. The number of hydrogen-bond donors (Lipinski definition) is 0. The maximum absolute atomic E-state index is 11.0. The summed E-state index contributed by atoms with van der Waals surface area (Å²) < 4.78 is 1.24. The number of aryl methyl sites for hydroxylation is 1. The third kappa shape index (κ3) is 2.06. The highest BCUT2D eigenvalue weighted by Gasteiger charge is 2.12. The molecule has 0 aliphatic heterocycles. The van der Waals surface area contributed by atoms with E-state index in [1.165, 1.54) is 15.0 Å². The first-order valence-corrected chi connectivity index (χ1v) is 6.09. The summed E-state index contributed by atoms with van der Waals surface area (Å²) in [5.41, 5.74) is 1.11. The summed E-state index contributed by atoms with van der Waals surface area (Å²) >= 11 is 7.22. The maximum Gasteiger partial charge on any atom is 0.226 e. The molecule has 2 aromatic rings. The van der Waals surface area contributed by atoms with Crippen LogP contribution in [-0.4, -0.2) is 5.24 Å². The number of halogens is 1. The Morgan fingerprint density at radius 3 is 2.80 bits per heavy atom. The number of thiophene rings is 1. The zero-order chi connectivity index (χ0) is 10.8. The Morgan fingerprint density at radius 2 is 2.13 bits per heavy atom. The summed E-state index contributed by atoms with van der Waals surface area (Å²) in [7, 11) is 0. The number of carbonyl (C=O) groups excluding carboxylic acids is 1. The molecule has 0 saturated carbocycles. The molecular weight excluding hydrogens is 228 g/mol. The predicted molar refractivity (Wildman–Crippen MR) is 65.8 cm³/mol. The Labute approximate surface area is 97.7 Å². The highest BCUT2D eigenvalue weighted by atomic mass is 35.5. The van der Waals surface area contributed by atoms with Gasteiger partial charge in [0.1, 0.15) is 0 Å². The molecule has 78 valence electrons. The van der Waals surface area contributed by atoms with Gasteiger partial charge in [-0.3, -0.25) is 4.79 Å². The maximum atomic E-state index is 11.0. The van der Waals surface area contributed by atoms with E-state index in [1.807, 2.05) is 12.1 Å². The minimum absolute atomic E-state index is 0.284. The molecule has 3 heteroatoms. The second-order valence-electron chi connectivity index (χ2n) is 3.39. The molecule has 0 bridgehead atoms. The predicted octanol–water partition coefficient (Wildman–Crippen LogP) is 3.77. The van der Waals surface area contributed by atoms with Crippen LogP contribution in [0.4, 0.5) is 0 Å². The van der Waals surface area contributed by atoms with E-state index in [0.717, 1.165) is 12.0 Å². The summed E-state index contributed by atoms with van der Waals surface area (Å²) in [5, 5.41) is 0.890. The van der Waals surface area contributed by atoms with Gasteiger partial charge in [0.15, 0.2) is 0 Å². The van der Waals surface area contributed by atoms with Gasteiger partial charge < -0.3 is 0 Å². The lowest BCUT2D eigenvalue weighted by Gasteiger charge is -1.98. The van der Waals surface area contributed by atoms with E-state index in [4.69, 9.17) is 11.6 Å². The fourth-order valence-electron chi connectivity index (χ4n) is 1.77. The van der Waals surface area contributed by atoms with Gasteiger partial charge in [0.2, 0.25) is 5.24 Å². The molecule has 15 heavy (non-hydrogen) atoms. The van der Waals surface area contributed by atoms with Crippen LogP contribution in [0, 0.1) is 0 Å². The topological polar surface area (TPSA) is 17.1 Å². The fraction of sp³-hybridized carbons (Fsp3) is 0.250. The molecule has 0 atom stereocenters. The molecule has 1 aromatic heterocycles. The SMILES string of the molecule is CCc1sc2ccccc2c1CC(=O)Cl. The van der Waals surface area contributed by atoms with Crippen LogP contribution in [0.2, 0.25) is 0 Å². The van der Waals surface area contributed by atoms with Gasteiger partial charge in [-0.2, -0.15) is 0 Å². The zero-order valence-corrected chi connectivity index (χ0v) is 9.99. The number of benzene rings is 1. The van der Waals surface area contributed by atoms with Gasteiger partial charge in [-0.1, -0.05) is 25.1 Å². The van der Waals surface area contributed by atoms with Gasteiger partial charge in [-0.15, -0.1) is 11.3 Å². The molecule has 1 aromatic carbocycles. The van der Waals surface area contributed by atoms with Crippen molar-refractivity contribution in [3.63, 3.8) is 0 Å². The van der Waals surface area contributed by atoms with Crippen molar-refractivity contribution in [3.05, 3.63) is 34.7 Å². The fourth-order valence-corrected chi connectivity index (χ4v) is 3.06. The molecule has 1 heterocycles. The minimum atomic E-state index is -0.284. The Balaban J connectivity index is 2.61. The standard InChI is InChI=1S/C12H11ClOS/c1-2-10-9(7-12(13)14)8-5-3-4-6-11(8)15-10/h3-6H,2,7H2,1H3. The van der Waals surface area contributed by atoms with Crippen LogP contribution in [0.3, 0.4) is 0 Å². The molecule has 0 aliphatic carbocycles. The van der Waals surface area contributed by atoms with Crippen molar-refractivity contribution in [2.45, 2.75) is 19.8 Å². The van der Waals surface area contributed by atoms with Gasteiger partial charge >= 0.3 is 0 Å². The van der Waals surface area contributed by atoms with Crippen LogP contribution in [0.15, 0.2) is 24.3 Å². The smallest absolute Gasteiger partial charge is 0.226 e. The normalized spacial score (nSPS) is 10.8. The van der Waals surface area contributed by atoms with Gasteiger partial charge in [-0.05, 0) is 35.0 Å². The van der Waals surface area contributed by atoms with Crippen LogP contribution >= 0.6 is 22.9 Å². The molecule has 0 amide bonds. The van der Waals surface area contributed by atoms with Crippen molar-refractivity contribution in [2.75, 3.05) is 0 Å². The van der Waals surface area contributed by atoms with Crippen molar-refractivity contribution in [1.29, 1.82) is 0 Å². The van der Waals surface area contributed by atoms with Gasteiger partial charge in [0, 0.05) is 16.0 Å². The van der Waals surface area contributed by atoms with Crippen molar-refractivity contribution in [2.24, 2.45) is 0 Å². The Morgan fingerprint density at radius 1 is 1.40 bits per heavy atom. The van der Waals surface area contributed by atoms with Crippen LogP contribution < -0.4 is 0 Å². The Bertz CT molecular complexity index is 501. The van der Waals surface area contributed by atoms with E-state index < -0.39 is 0 Å². The highest BCUT2D eigenvalue weighted by Crippen LogP contribution is 2.32. The molecule has 0 radical (unpaired) electrons. The van der Waals surface area contributed by atoms with E-state index >= 15 is 0 Å². The minimum Gasteiger partial charge on any atom is -0.281 e. The lowest BCUT2D eigenvalue weighted by atomic mass is 10.1. The van der Waals surface area contributed by atoms with Crippen LogP contribution in [-0.2, 0) is 17.6 Å². The molecule has 0 fully saturated rings. The third-order valence-corrected chi connectivity index (χ3v) is 3.91. The average Bonchev–Trinajstić information content (AvgIpc) is 2.56. The van der Waals surface area contributed by atoms with Crippen molar-refractivity contribution < 1.29 is 4.79 Å². The Hall–Kier alpha value is -0.860. The summed E-state index contributed by atoms with van der Waals surface area (Å²) in [5.74, 6) is 0. The van der Waals surface area contributed by atoms with Crippen LogP contribution in [0.1, 0.15) is 17.4 Å². The van der Waals surface area contributed by atoms with E-state index in [1.54, 1.807) is 11.3 Å². The van der Waals surface area contributed by atoms with Crippen LogP contribution in [0.5, 0.6) is 0 Å². The number of carbonyl (C=O) groups is 1. The second kappa shape index (κ2) is 4.33. The van der Waals surface area contributed by atoms with Gasteiger partial charge in [0.05, 0.1) is 0 Å². The average molecular weight is 239 g/mol. The molecule has 0 aliphatic rings. The number of fused-ring (bicyclic) bond motifs is 1. The monoisotopic (exact) mass is 238 g/mol. The summed E-state index contributed by atoms with van der Waals surface area (Å²) in [6.45, 7) is 2.10. The first-order valence-electron chi connectivity index (χ1n) is 4.90. The van der Waals surface area contributed by atoms with Gasteiger partial charge in [-0.25, -0.2) is 0 Å². The van der Waals surface area contributed by atoms with E-state index in [2.05, 4.69) is 19.1 Å².